The van der Waals surface area contributed by atoms with Crippen molar-refractivity contribution in [2.45, 2.75) is 32.6 Å². The first-order valence-electron chi connectivity index (χ1n) is 6.72. The third-order valence-corrected chi connectivity index (χ3v) is 4.30. The molecule has 2 rings (SSSR count). The number of ether oxygens (including phenoxy) is 1. The molecule has 100 valence electrons. The lowest BCUT2D eigenvalue weighted by Gasteiger charge is -2.16. The number of halogens is 1. The quantitative estimate of drug-likeness (QED) is 0.774. The summed E-state index contributed by atoms with van der Waals surface area (Å²) in [6.07, 6.45) is 5.09. The van der Waals surface area contributed by atoms with Crippen LogP contribution < -0.4 is 10.1 Å². The van der Waals surface area contributed by atoms with Gasteiger partial charge in [0, 0.05) is 6.54 Å². The molecule has 1 aromatic rings. The first-order valence-corrected chi connectivity index (χ1v) is 7.51. The van der Waals surface area contributed by atoms with Gasteiger partial charge in [-0.2, -0.15) is 0 Å². The van der Waals surface area contributed by atoms with E-state index in [2.05, 4.69) is 46.4 Å². The molecule has 2 nitrogen and oxygen atoms in total. The molecule has 18 heavy (non-hydrogen) atoms. The van der Waals surface area contributed by atoms with Crippen molar-refractivity contribution in [1.82, 2.24) is 5.32 Å². The van der Waals surface area contributed by atoms with E-state index in [9.17, 15) is 0 Å². The molecular formula is C15H22BrNO. The van der Waals surface area contributed by atoms with Crippen molar-refractivity contribution in [3.63, 3.8) is 0 Å². The molecule has 0 spiro atoms. The fourth-order valence-corrected chi connectivity index (χ4v) is 2.96. The van der Waals surface area contributed by atoms with Crippen LogP contribution in [-0.4, -0.2) is 20.2 Å². The molecule has 0 aromatic heterocycles. The Morgan fingerprint density at radius 3 is 2.72 bits per heavy atom. The first-order chi connectivity index (χ1) is 8.69. The molecule has 0 aliphatic heterocycles. The zero-order valence-electron chi connectivity index (χ0n) is 11.3. The smallest absolute Gasteiger partial charge is 0.133 e. The van der Waals surface area contributed by atoms with Gasteiger partial charge in [0.2, 0.25) is 0 Å². The minimum atomic E-state index is 0.517. The standard InChI is InChI=1S/C15H22BrNO/c1-3-8-17-11-15(6-7-15)10-12-4-5-14(18-2)13(16)9-12/h4-5,9,17H,3,6-8,10-11H2,1-2H3. The zero-order valence-corrected chi connectivity index (χ0v) is 12.8. The Labute approximate surface area is 118 Å². The average Bonchev–Trinajstić information content (AvgIpc) is 3.10. The van der Waals surface area contributed by atoms with Gasteiger partial charge in [-0.15, -0.1) is 0 Å². The van der Waals surface area contributed by atoms with Crippen LogP contribution in [-0.2, 0) is 6.42 Å². The van der Waals surface area contributed by atoms with Gasteiger partial charge in [-0.25, -0.2) is 0 Å². The van der Waals surface area contributed by atoms with Crippen molar-refractivity contribution in [2.75, 3.05) is 20.2 Å². The summed E-state index contributed by atoms with van der Waals surface area (Å²) < 4.78 is 6.32. The lowest BCUT2D eigenvalue weighted by atomic mass is 9.96. The fraction of sp³-hybridized carbons (Fsp3) is 0.600. The van der Waals surface area contributed by atoms with E-state index in [1.54, 1.807) is 7.11 Å². The number of hydrogen-bond acceptors (Lipinski definition) is 2. The lowest BCUT2D eigenvalue weighted by Crippen LogP contribution is -2.26. The fourth-order valence-electron chi connectivity index (χ4n) is 2.38. The first kappa shape index (κ1) is 13.9. The predicted molar refractivity (Wildman–Crippen MR) is 79.2 cm³/mol. The summed E-state index contributed by atoms with van der Waals surface area (Å²) in [5.41, 5.74) is 1.92. The van der Waals surface area contributed by atoms with Crippen LogP contribution in [0.15, 0.2) is 22.7 Å². The molecule has 1 aliphatic carbocycles. The maximum atomic E-state index is 5.27. The van der Waals surface area contributed by atoms with Gasteiger partial charge in [-0.05, 0) is 71.3 Å². The van der Waals surface area contributed by atoms with Gasteiger partial charge in [-0.1, -0.05) is 13.0 Å². The minimum absolute atomic E-state index is 0.517. The third-order valence-electron chi connectivity index (χ3n) is 3.68. The van der Waals surface area contributed by atoms with Crippen LogP contribution in [0.4, 0.5) is 0 Å². The normalized spacial score (nSPS) is 16.6. The second-order valence-corrected chi connectivity index (χ2v) is 6.18. The molecule has 0 radical (unpaired) electrons. The van der Waals surface area contributed by atoms with Crippen molar-refractivity contribution in [3.8, 4) is 5.75 Å². The zero-order chi connectivity index (χ0) is 13.0. The lowest BCUT2D eigenvalue weighted by molar-refractivity contribution is 0.411. The van der Waals surface area contributed by atoms with Gasteiger partial charge in [0.15, 0.2) is 0 Å². The summed E-state index contributed by atoms with van der Waals surface area (Å²) in [7, 11) is 1.71. The minimum Gasteiger partial charge on any atom is -0.496 e. The molecular weight excluding hydrogens is 290 g/mol. The summed E-state index contributed by atoms with van der Waals surface area (Å²) in [5, 5.41) is 3.56. The van der Waals surface area contributed by atoms with E-state index in [0.29, 0.717) is 5.41 Å². The molecule has 1 aromatic carbocycles. The SMILES string of the molecule is CCCNCC1(Cc2ccc(OC)c(Br)c2)CC1. The van der Waals surface area contributed by atoms with Crippen LogP contribution in [0.3, 0.4) is 0 Å². The van der Waals surface area contributed by atoms with Crippen LogP contribution in [0.1, 0.15) is 31.7 Å². The Kier molecular flexibility index (Phi) is 4.68. The second-order valence-electron chi connectivity index (χ2n) is 5.32. The van der Waals surface area contributed by atoms with Crippen molar-refractivity contribution in [3.05, 3.63) is 28.2 Å². The Balaban J connectivity index is 1.94. The largest absolute Gasteiger partial charge is 0.496 e. The van der Waals surface area contributed by atoms with Gasteiger partial charge in [0.25, 0.3) is 0 Å². The van der Waals surface area contributed by atoms with E-state index in [1.807, 2.05) is 0 Å². The maximum Gasteiger partial charge on any atom is 0.133 e. The van der Waals surface area contributed by atoms with Crippen molar-refractivity contribution < 1.29 is 4.74 Å². The van der Waals surface area contributed by atoms with Crippen LogP contribution in [0.25, 0.3) is 0 Å². The molecule has 0 heterocycles. The van der Waals surface area contributed by atoms with Crippen LogP contribution in [0.2, 0.25) is 0 Å². The highest BCUT2D eigenvalue weighted by Gasteiger charge is 2.41. The van der Waals surface area contributed by atoms with Crippen LogP contribution >= 0.6 is 15.9 Å². The number of nitrogens with one attached hydrogen (secondary N) is 1. The molecule has 0 amide bonds. The van der Waals surface area contributed by atoms with Crippen LogP contribution in [0.5, 0.6) is 5.75 Å². The van der Waals surface area contributed by atoms with E-state index in [1.165, 1.54) is 31.2 Å². The summed E-state index contributed by atoms with van der Waals surface area (Å²) in [6, 6.07) is 6.43. The highest BCUT2D eigenvalue weighted by Crippen LogP contribution is 2.48. The number of benzene rings is 1. The molecule has 0 bridgehead atoms. The Morgan fingerprint density at radius 1 is 1.39 bits per heavy atom. The highest BCUT2D eigenvalue weighted by molar-refractivity contribution is 9.10. The summed E-state index contributed by atoms with van der Waals surface area (Å²) >= 11 is 3.56. The molecule has 1 aliphatic rings. The average molecular weight is 312 g/mol. The van der Waals surface area contributed by atoms with Gasteiger partial charge in [0.1, 0.15) is 5.75 Å². The summed E-state index contributed by atoms with van der Waals surface area (Å²) in [4.78, 5) is 0. The number of rotatable bonds is 7. The molecule has 0 saturated heterocycles. The van der Waals surface area contributed by atoms with Gasteiger partial charge < -0.3 is 10.1 Å². The van der Waals surface area contributed by atoms with E-state index >= 15 is 0 Å². The molecule has 1 N–H and O–H groups in total. The van der Waals surface area contributed by atoms with Gasteiger partial charge >= 0.3 is 0 Å². The van der Waals surface area contributed by atoms with Crippen molar-refractivity contribution in [2.24, 2.45) is 5.41 Å². The van der Waals surface area contributed by atoms with E-state index < -0.39 is 0 Å². The predicted octanol–water partition coefficient (Wildman–Crippen LogP) is 3.78. The molecule has 0 unspecified atom stereocenters. The van der Waals surface area contributed by atoms with E-state index in [4.69, 9.17) is 4.74 Å². The summed E-state index contributed by atoms with van der Waals surface area (Å²) in [6.45, 7) is 4.51. The van der Waals surface area contributed by atoms with Crippen molar-refractivity contribution >= 4 is 15.9 Å². The number of hydrogen-bond donors (Lipinski definition) is 1. The Bertz CT molecular complexity index is 401. The summed E-state index contributed by atoms with van der Waals surface area (Å²) in [5.74, 6) is 0.910. The Hall–Kier alpha value is -0.540. The monoisotopic (exact) mass is 311 g/mol. The van der Waals surface area contributed by atoms with E-state index in [-0.39, 0.29) is 0 Å². The number of methoxy groups -OCH3 is 1. The highest BCUT2D eigenvalue weighted by atomic mass is 79.9. The maximum absolute atomic E-state index is 5.27. The van der Waals surface area contributed by atoms with Crippen LogP contribution in [0, 0.1) is 5.41 Å². The molecule has 1 fully saturated rings. The van der Waals surface area contributed by atoms with Gasteiger partial charge in [-0.3, -0.25) is 0 Å². The second kappa shape index (κ2) is 6.07. The molecule has 0 atom stereocenters. The molecule has 1 saturated carbocycles. The molecule has 3 heteroatoms. The van der Waals surface area contributed by atoms with Crippen molar-refractivity contribution in [1.29, 1.82) is 0 Å². The van der Waals surface area contributed by atoms with E-state index in [0.717, 1.165) is 23.3 Å². The van der Waals surface area contributed by atoms with Gasteiger partial charge in [0.05, 0.1) is 11.6 Å². The topological polar surface area (TPSA) is 21.3 Å². The third kappa shape index (κ3) is 3.48. The Morgan fingerprint density at radius 2 is 2.17 bits per heavy atom.